The topological polar surface area (TPSA) is 71.9 Å². The normalized spacial score (nSPS) is 22.8. The minimum absolute atomic E-state index is 0.311. The smallest absolute Gasteiger partial charge is 0.182 e. The molecule has 164 valence electrons. The Labute approximate surface area is 194 Å². The summed E-state index contributed by atoms with van der Waals surface area (Å²) < 4.78 is 2.81. The van der Waals surface area contributed by atoms with E-state index in [9.17, 15) is 0 Å². The van der Waals surface area contributed by atoms with E-state index in [1.807, 2.05) is 10.8 Å². The van der Waals surface area contributed by atoms with Crippen LogP contribution >= 0.6 is 15.9 Å². The van der Waals surface area contributed by atoms with Gasteiger partial charge in [0, 0.05) is 52.5 Å². The van der Waals surface area contributed by atoms with Gasteiger partial charge in [-0.25, -0.2) is 4.98 Å². The Hall–Kier alpha value is -2.71. The predicted octanol–water partition coefficient (Wildman–Crippen LogP) is 4.19. The molecule has 3 aromatic heterocycles. The number of likely N-dealkylation sites (N-methyl/N-ethyl adjacent to an activating group) is 1. The van der Waals surface area contributed by atoms with Crippen molar-refractivity contribution in [2.24, 2.45) is 5.92 Å². The molecule has 1 saturated heterocycles. The van der Waals surface area contributed by atoms with Crippen molar-refractivity contribution >= 4 is 26.8 Å². The lowest BCUT2D eigenvalue weighted by Crippen LogP contribution is -2.47. The van der Waals surface area contributed by atoms with Crippen LogP contribution in [0.5, 0.6) is 0 Å². The number of aromatic amines is 1. The van der Waals surface area contributed by atoms with Gasteiger partial charge in [-0.2, -0.15) is 9.83 Å². The van der Waals surface area contributed by atoms with E-state index in [-0.39, 0.29) is 0 Å². The summed E-state index contributed by atoms with van der Waals surface area (Å²) >= 11 is 3.44. The van der Waals surface area contributed by atoms with Crippen molar-refractivity contribution in [3.63, 3.8) is 0 Å². The molecule has 0 spiro atoms. The predicted molar refractivity (Wildman–Crippen MR) is 126 cm³/mol. The fraction of sp³-hybridized carbons (Fsp3) is 0.375. The standard InChI is InChI=1S/C24H25BrN6O/c1-14-6-19-18-4-3-5-20-23(18)16(8-21(19)30(2)11-14)12-31(20)32-13-22-27-24(29-28-22)15-7-17(25)10-26-9-15/h3-5,7,9-10,12,14,19,21H,6,8,11,13H2,1-2H3,(H,27,28,29)/t14-,19-,21-/m1/s1. The summed E-state index contributed by atoms with van der Waals surface area (Å²) in [5.41, 5.74) is 4.83. The van der Waals surface area contributed by atoms with Gasteiger partial charge in [-0.3, -0.25) is 10.1 Å². The van der Waals surface area contributed by atoms with Crippen LogP contribution in [0.2, 0.25) is 0 Å². The number of nitrogens with one attached hydrogen (secondary N) is 1. The fourth-order valence-electron chi connectivity index (χ4n) is 5.55. The van der Waals surface area contributed by atoms with Crippen LogP contribution in [0.15, 0.2) is 47.3 Å². The Morgan fingerprint density at radius 1 is 1.28 bits per heavy atom. The van der Waals surface area contributed by atoms with Crippen molar-refractivity contribution < 1.29 is 4.84 Å². The van der Waals surface area contributed by atoms with Gasteiger partial charge in [0.15, 0.2) is 18.3 Å². The van der Waals surface area contributed by atoms with Crippen molar-refractivity contribution in [2.45, 2.75) is 38.3 Å². The van der Waals surface area contributed by atoms with Crippen molar-refractivity contribution in [1.82, 2.24) is 29.8 Å². The molecule has 8 heteroatoms. The van der Waals surface area contributed by atoms with Crippen LogP contribution in [-0.2, 0) is 13.0 Å². The molecular formula is C24H25BrN6O. The lowest BCUT2D eigenvalue weighted by Gasteiger charge is -2.44. The van der Waals surface area contributed by atoms with E-state index in [4.69, 9.17) is 4.84 Å². The van der Waals surface area contributed by atoms with Crippen molar-refractivity contribution in [1.29, 1.82) is 0 Å². The van der Waals surface area contributed by atoms with Crippen LogP contribution in [-0.4, -0.2) is 49.4 Å². The van der Waals surface area contributed by atoms with Crippen LogP contribution in [0.4, 0.5) is 0 Å². The Bertz CT molecular complexity index is 1300. The number of hydrogen-bond donors (Lipinski definition) is 1. The fourth-order valence-corrected chi connectivity index (χ4v) is 5.91. The average molecular weight is 493 g/mol. The van der Waals surface area contributed by atoms with E-state index >= 15 is 0 Å². The highest BCUT2D eigenvalue weighted by molar-refractivity contribution is 9.10. The molecule has 1 aliphatic heterocycles. The van der Waals surface area contributed by atoms with E-state index in [2.05, 4.69) is 79.4 Å². The molecule has 1 fully saturated rings. The van der Waals surface area contributed by atoms with Gasteiger partial charge in [0.1, 0.15) is 0 Å². The molecule has 32 heavy (non-hydrogen) atoms. The van der Waals surface area contributed by atoms with Gasteiger partial charge >= 0.3 is 0 Å². The number of hydrogen-bond acceptors (Lipinski definition) is 5. The van der Waals surface area contributed by atoms with Crippen LogP contribution < -0.4 is 4.84 Å². The summed E-state index contributed by atoms with van der Waals surface area (Å²) in [4.78, 5) is 17.5. The van der Waals surface area contributed by atoms with Gasteiger partial charge in [0.2, 0.25) is 0 Å². The maximum absolute atomic E-state index is 6.19. The van der Waals surface area contributed by atoms with Gasteiger partial charge in [-0.1, -0.05) is 19.1 Å². The second kappa shape index (κ2) is 7.71. The summed E-state index contributed by atoms with van der Waals surface area (Å²) in [5, 5.41) is 8.68. The van der Waals surface area contributed by atoms with E-state index in [1.165, 1.54) is 29.5 Å². The first-order valence-corrected chi connectivity index (χ1v) is 11.8. The molecule has 0 unspecified atom stereocenters. The number of likely N-dealkylation sites (tertiary alicyclic amines) is 1. The monoisotopic (exact) mass is 492 g/mol. The number of halogens is 1. The number of fused-ring (bicyclic) bond motifs is 2. The Morgan fingerprint density at radius 2 is 2.19 bits per heavy atom. The second-order valence-electron chi connectivity index (χ2n) is 9.15. The van der Waals surface area contributed by atoms with Crippen LogP contribution in [0.3, 0.4) is 0 Å². The lowest BCUT2D eigenvalue weighted by molar-refractivity contribution is 0.101. The Morgan fingerprint density at radius 3 is 3.06 bits per heavy atom. The van der Waals surface area contributed by atoms with Crippen molar-refractivity contribution in [2.75, 3.05) is 13.6 Å². The molecule has 2 aliphatic rings. The van der Waals surface area contributed by atoms with Crippen molar-refractivity contribution in [3.05, 3.63) is 64.3 Å². The molecular weight excluding hydrogens is 468 g/mol. The van der Waals surface area contributed by atoms with Crippen LogP contribution in [0.25, 0.3) is 22.3 Å². The lowest BCUT2D eigenvalue weighted by atomic mass is 9.73. The molecule has 1 aliphatic carbocycles. The number of aromatic nitrogens is 5. The molecule has 4 aromatic rings. The summed E-state index contributed by atoms with van der Waals surface area (Å²) in [6.07, 6.45) is 7.97. The number of nitrogens with zero attached hydrogens (tertiary/aromatic N) is 5. The zero-order chi connectivity index (χ0) is 21.8. The van der Waals surface area contributed by atoms with Gasteiger partial charge in [0.25, 0.3) is 0 Å². The first-order valence-electron chi connectivity index (χ1n) is 11.1. The highest BCUT2D eigenvalue weighted by Crippen LogP contribution is 2.44. The van der Waals surface area contributed by atoms with Gasteiger partial charge in [0.05, 0.1) is 5.52 Å². The first kappa shape index (κ1) is 19.9. The molecule has 6 rings (SSSR count). The number of H-pyrrole nitrogens is 1. The van der Waals surface area contributed by atoms with Gasteiger partial charge in [-0.05, 0) is 65.0 Å². The summed E-state index contributed by atoms with van der Waals surface area (Å²) in [5.74, 6) is 2.59. The third-order valence-corrected chi connectivity index (χ3v) is 7.29. The molecule has 3 atom stereocenters. The van der Waals surface area contributed by atoms with E-state index in [0.717, 1.165) is 27.9 Å². The quantitative estimate of drug-likeness (QED) is 0.462. The number of rotatable bonds is 4. The number of pyridine rings is 1. The summed E-state index contributed by atoms with van der Waals surface area (Å²) in [6, 6.07) is 9.14. The first-order chi connectivity index (χ1) is 15.6. The number of benzene rings is 1. The van der Waals surface area contributed by atoms with E-state index in [0.29, 0.717) is 30.2 Å². The Balaban J connectivity index is 1.28. The van der Waals surface area contributed by atoms with E-state index < -0.39 is 0 Å². The third kappa shape index (κ3) is 3.33. The molecule has 0 amide bonds. The molecule has 1 aromatic carbocycles. The molecule has 4 heterocycles. The number of piperidine rings is 1. The highest BCUT2D eigenvalue weighted by atomic mass is 79.9. The SMILES string of the molecule is C[C@@H]1C[C@@H]2c3cccc4c3c(cn4OCc3nc(-c4cncc(Br)c4)n[nH]3)C[C@H]2N(C)C1. The Kier molecular flexibility index (Phi) is 4.80. The average Bonchev–Trinajstić information content (AvgIpc) is 3.39. The zero-order valence-electron chi connectivity index (χ0n) is 18.1. The molecule has 0 radical (unpaired) electrons. The molecule has 0 saturated carbocycles. The van der Waals surface area contributed by atoms with E-state index in [1.54, 1.807) is 12.4 Å². The van der Waals surface area contributed by atoms with Gasteiger partial charge in [-0.15, -0.1) is 0 Å². The van der Waals surface area contributed by atoms with Gasteiger partial charge < -0.3 is 9.74 Å². The second-order valence-corrected chi connectivity index (χ2v) is 10.1. The summed E-state index contributed by atoms with van der Waals surface area (Å²) in [7, 11) is 2.27. The van der Waals surface area contributed by atoms with Crippen LogP contribution in [0.1, 0.15) is 36.2 Å². The maximum Gasteiger partial charge on any atom is 0.182 e. The van der Waals surface area contributed by atoms with Crippen molar-refractivity contribution in [3.8, 4) is 11.4 Å². The summed E-state index contributed by atoms with van der Waals surface area (Å²) in [6.45, 7) is 3.85. The molecule has 0 bridgehead atoms. The largest absolute Gasteiger partial charge is 0.406 e. The maximum atomic E-state index is 6.19. The molecule has 1 N–H and O–H groups in total. The third-order valence-electron chi connectivity index (χ3n) is 6.86. The minimum Gasteiger partial charge on any atom is -0.406 e. The minimum atomic E-state index is 0.311. The van der Waals surface area contributed by atoms with Crippen LogP contribution in [0, 0.1) is 5.92 Å². The highest BCUT2D eigenvalue weighted by Gasteiger charge is 2.38. The zero-order valence-corrected chi connectivity index (χ0v) is 19.7. The molecule has 7 nitrogen and oxygen atoms in total.